The molecule has 1 amide bonds. The van der Waals surface area contributed by atoms with Crippen molar-refractivity contribution in [1.82, 2.24) is 10.2 Å². The second kappa shape index (κ2) is 6.12. The molecule has 0 saturated carbocycles. The number of halogens is 1. The van der Waals surface area contributed by atoms with Crippen molar-refractivity contribution >= 4 is 17.5 Å². The lowest BCUT2D eigenvalue weighted by molar-refractivity contribution is -0.131. The number of rotatable bonds is 2. The molecule has 1 atom stereocenters. The maximum atomic E-state index is 12.4. The smallest absolute Gasteiger partial charge is 0.227 e. The van der Waals surface area contributed by atoms with Crippen LogP contribution in [0.25, 0.3) is 0 Å². The summed E-state index contributed by atoms with van der Waals surface area (Å²) in [5.41, 5.74) is 0.862. The third kappa shape index (κ3) is 3.24. The number of carbonyl (C=O) groups excluding carboxylic acids is 1. The molecule has 0 bridgehead atoms. The summed E-state index contributed by atoms with van der Waals surface area (Å²) in [4.78, 5) is 14.3. The maximum Gasteiger partial charge on any atom is 0.227 e. The monoisotopic (exact) mass is 310 g/mol. The number of fused-ring (bicyclic) bond motifs is 1. The van der Waals surface area contributed by atoms with Crippen molar-refractivity contribution in [2.24, 2.45) is 0 Å². The van der Waals surface area contributed by atoms with E-state index in [1.807, 2.05) is 11.0 Å². The second-order valence-electron chi connectivity index (χ2n) is 5.47. The summed E-state index contributed by atoms with van der Waals surface area (Å²) in [6.07, 6.45) is 0.336. The fraction of sp³-hybridized carbons (Fsp3) is 0.533. The highest BCUT2D eigenvalue weighted by Gasteiger charge is 2.22. The van der Waals surface area contributed by atoms with E-state index in [9.17, 15) is 4.79 Å². The molecule has 0 aliphatic carbocycles. The Morgan fingerprint density at radius 3 is 3.05 bits per heavy atom. The third-order valence-corrected chi connectivity index (χ3v) is 4.01. The number of benzene rings is 1. The van der Waals surface area contributed by atoms with Crippen molar-refractivity contribution in [3.05, 3.63) is 22.7 Å². The van der Waals surface area contributed by atoms with E-state index in [1.165, 1.54) is 0 Å². The van der Waals surface area contributed by atoms with Crippen LogP contribution in [0, 0.1) is 0 Å². The molecule has 2 heterocycles. The summed E-state index contributed by atoms with van der Waals surface area (Å²) in [5, 5.41) is 3.83. The summed E-state index contributed by atoms with van der Waals surface area (Å²) in [6.45, 7) is 5.44. The van der Waals surface area contributed by atoms with Gasteiger partial charge in [0, 0.05) is 25.7 Å². The van der Waals surface area contributed by atoms with E-state index in [0.29, 0.717) is 42.2 Å². The Morgan fingerprint density at radius 1 is 1.43 bits per heavy atom. The number of nitrogens with zero attached hydrogens (tertiary/aromatic N) is 1. The molecule has 2 aliphatic heterocycles. The van der Waals surface area contributed by atoms with E-state index in [-0.39, 0.29) is 5.91 Å². The van der Waals surface area contributed by atoms with Gasteiger partial charge in [0.05, 0.1) is 11.4 Å². The molecule has 3 rings (SSSR count). The van der Waals surface area contributed by atoms with Crippen LogP contribution in [0.1, 0.15) is 12.5 Å². The molecular formula is C15H19ClN2O3. The largest absolute Gasteiger partial charge is 0.486 e. The molecule has 2 aliphatic rings. The minimum atomic E-state index is 0.121. The Morgan fingerprint density at radius 2 is 2.24 bits per heavy atom. The van der Waals surface area contributed by atoms with Crippen LogP contribution >= 0.6 is 11.6 Å². The highest BCUT2D eigenvalue weighted by molar-refractivity contribution is 6.32. The predicted octanol–water partition coefficient (Wildman–Crippen LogP) is 1.47. The van der Waals surface area contributed by atoms with Crippen molar-refractivity contribution in [3.63, 3.8) is 0 Å². The standard InChI is InChI=1S/C15H19ClN2O3/c1-10-9-18(3-2-17-10)14(19)8-11-6-12(16)15-13(7-11)20-4-5-21-15/h6-7,10,17H,2-5,8-9H2,1H3. The van der Waals surface area contributed by atoms with Crippen LogP contribution < -0.4 is 14.8 Å². The van der Waals surface area contributed by atoms with Crippen LogP contribution in [-0.4, -0.2) is 49.7 Å². The summed E-state index contributed by atoms with van der Waals surface area (Å²) in [5.74, 6) is 1.33. The average Bonchev–Trinajstić information content (AvgIpc) is 2.47. The summed E-state index contributed by atoms with van der Waals surface area (Å²) >= 11 is 6.20. The molecule has 0 radical (unpaired) electrons. The number of carbonyl (C=O) groups is 1. The van der Waals surface area contributed by atoms with Gasteiger partial charge in [0.15, 0.2) is 11.5 Å². The fourth-order valence-corrected chi connectivity index (χ4v) is 3.00. The second-order valence-corrected chi connectivity index (χ2v) is 5.88. The number of piperazine rings is 1. The lowest BCUT2D eigenvalue weighted by Crippen LogP contribution is -2.51. The Balaban J connectivity index is 1.72. The van der Waals surface area contributed by atoms with E-state index in [0.717, 1.165) is 25.2 Å². The predicted molar refractivity (Wildman–Crippen MR) is 80.2 cm³/mol. The van der Waals surface area contributed by atoms with Gasteiger partial charge in [-0.15, -0.1) is 0 Å². The minimum Gasteiger partial charge on any atom is -0.486 e. The van der Waals surface area contributed by atoms with Gasteiger partial charge in [-0.05, 0) is 24.6 Å². The molecule has 6 heteroatoms. The minimum absolute atomic E-state index is 0.121. The van der Waals surface area contributed by atoms with Crippen LogP contribution in [0.4, 0.5) is 0 Å². The summed E-state index contributed by atoms with van der Waals surface area (Å²) in [6, 6.07) is 3.98. The van der Waals surface area contributed by atoms with Crippen molar-refractivity contribution in [2.75, 3.05) is 32.8 Å². The first-order chi connectivity index (χ1) is 10.1. The van der Waals surface area contributed by atoms with Crippen LogP contribution in [0.3, 0.4) is 0 Å². The van der Waals surface area contributed by atoms with Gasteiger partial charge in [-0.25, -0.2) is 0 Å². The maximum absolute atomic E-state index is 12.4. The normalized spacial score (nSPS) is 21.2. The van der Waals surface area contributed by atoms with Gasteiger partial charge in [0.2, 0.25) is 5.91 Å². The number of hydrogen-bond acceptors (Lipinski definition) is 4. The zero-order valence-corrected chi connectivity index (χ0v) is 12.8. The van der Waals surface area contributed by atoms with Gasteiger partial charge in [0.25, 0.3) is 0 Å². The number of ether oxygens (including phenoxy) is 2. The van der Waals surface area contributed by atoms with Gasteiger partial charge in [-0.3, -0.25) is 4.79 Å². The van der Waals surface area contributed by atoms with E-state index in [1.54, 1.807) is 6.07 Å². The van der Waals surface area contributed by atoms with E-state index in [4.69, 9.17) is 21.1 Å². The highest BCUT2D eigenvalue weighted by atomic mass is 35.5. The molecule has 0 spiro atoms. The molecule has 1 unspecified atom stereocenters. The lowest BCUT2D eigenvalue weighted by atomic mass is 10.1. The zero-order chi connectivity index (χ0) is 14.8. The first-order valence-corrected chi connectivity index (χ1v) is 7.60. The van der Waals surface area contributed by atoms with Crippen LogP contribution in [0.5, 0.6) is 11.5 Å². The van der Waals surface area contributed by atoms with E-state index < -0.39 is 0 Å². The molecule has 1 fully saturated rings. The molecule has 1 saturated heterocycles. The Bertz CT molecular complexity index is 550. The van der Waals surface area contributed by atoms with Gasteiger partial charge in [-0.2, -0.15) is 0 Å². The summed E-state index contributed by atoms with van der Waals surface area (Å²) in [7, 11) is 0. The molecule has 1 N–H and O–H groups in total. The van der Waals surface area contributed by atoms with Gasteiger partial charge in [0.1, 0.15) is 13.2 Å². The number of amides is 1. The van der Waals surface area contributed by atoms with Gasteiger partial charge in [-0.1, -0.05) is 11.6 Å². The van der Waals surface area contributed by atoms with Gasteiger partial charge >= 0.3 is 0 Å². The first kappa shape index (κ1) is 14.5. The highest BCUT2D eigenvalue weighted by Crippen LogP contribution is 2.38. The lowest BCUT2D eigenvalue weighted by Gasteiger charge is -2.32. The molecule has 1 aromatic rings. The third-order valence-electron chi connectivity index (χ3n) is 3.73. The van der Waals surface area contributed by atoms with E-state index >= 15 is 0 Å². The van der Waals surface area contributed by atoms with Gasteiger partial charge < -0.3 is 19.7 Å². The Kier molecular flexibility index (Phi) is 4.22. The SMILES string of the molecule is CC1CN(C(=O)Cc2cc(Cl)c3c(c2)OCCO3)CCN1. The van der Waals surface area contributed by atoms with Crippen molar-refractivity contribution in [2.45, 2.75) is 19.4 Å². The average molecular weight is 311 g/mol. The van der Waals surface area contributed by atoms with Crippen molar-refractivity contribution < 1.29 is 14.3 Å². The van der Waals surface area contributed by atoms with Crippen LogP contribution in [-0.2, 0) is 11.2 Å². The quantitative estimate of drug-likeness (QED) is 0.899. The fourth-order valence-electron chi connectivity index (χ4n) is 2.71. The molecule has 5 nitrogen and oxygen atoms in total. The Labute approximate surface area is 129 Å². The molecule has 114 valence electrons. The number of hydrogen-bond donors (Lipinski definition) is 1. The molecule has 0 aromatic heterocycles. The Hall–Kier alpha value is -1.46. The first-order valence-electron chi connectivity index (χ1n) is 7.22. The van der Waals surface area contributed by atoms with E-state index in [2.05, 4.69) is 12.2 Å². The van der Waals surface area contributed by atoms with Crippen LogP contribution in [0.2, 0.25) is 5.02 Å². The topological polar surface area (TPSA) is 50.8 Å². The molecule has 1 aromatic carbocycles. The van der Waals surface area contributed by atoms with Crippen molar-refractivity contribution in [3.8, 4) is 11.5 Å². The zero-order valence-electron chi connectivity index (χ0n) is 12.0. The molecular weight excluding hydrogens is 292 g/mol. The summed E-state index contributed by atoms with van der Waals surface area (Å²) < 4.78 is 11.0. The molecule has 21 heavy (non-hydrogen) atoms. The number of nitrogens with one attached hydrogen (secondary N) is 1. The van der Waals surface area contributed by atoms with Crippen LogP contribution in [0.15, 0.2) is 12.1 Å². The van der Waals surface area contributed by atoms with Crippen molar-refractivity contribution in [1.29, 1.82) is 0 Å².